The number of amides is 1. The molecule has 1 saturated heterocycles. The van der Waals surface area contributed by atoms with E-state index in [-0.39, 0.29) is 29.6 Å². The lowest BCUT2D eigenvalue weighted by Crippen LogP contribution is -2.38. The third kappa shape index (κ3) is 5.70. The van der Waals surface area contributed by atoms with E-state index in [4.69, 9.17) is 24.2 Å². The number of benzene rings is 2. The molecule has 32 heavy (non-hydrogen) atoms. The van der Waals surface area contributed by atoms with Crippen molar-refractivity contribution in [2.45, 2.75) is 26.2 Å². The molecule has 168 valence electrons. The maximum Gasteiger partial charge on any atom is 0.343 e. The van der Waals surface area contributed by atoms with Crippen LogP contribution in [-0.4, -0.2) is 50.2 Å². The molecule has 1 aliphatic rings. The number of methoxy groups -OCH3 is 1. The molecule has 0 unspecified atom stereocenters. The maximum absolute atomic E-state index is 12.7. The van der Waals surface area contributed by atoms with Crippen LogP contribution < -0.4 is 18.9 Å². The summed E-state index contributed by atoms with van der Waals surface area (Å²) in [5.74, 6) is 0.513. The summed E-state index contributed by atoms with van der Waals surface area (Å²) in [4.78, 5) is 26.9. The molecule has 0 N–H and O–H groups in total. The zero-order valence-electron chi connectivity index (χ0n) is 18.3. The SMILES string of the molecule is CCOc1cc(C(=O)Oc2ccc(C#N)cc2OC)ccc1OCC(=O)N1CCCCC1. The molecule has 0 aliphatic carbocycles. The molecule has 3 rings (SSSR count). The molecule has 1 aliphatic heterocycles. The average molecular weight is 438 g/mol. The molecule has 1 heterocycles. The summed E-state index contributed by atoms with van der Waals surface area (Å²) in [6.07, 6.45) is 3.17. The Kier molecular flexibility index (Phi) is 7.92. The van der Waals surface area contributed by atoms with E-state index in [1.807, 2.05) is 13.0 Å². The monoisotopic (exact) mass is 438 g/mol. The van der Waals surface area contributed by atoms with Crippen molar-refractivity contribution in [3.63, 3.8) is 0 Å². The predicted octanol–water partition coefficient (Wildman–Crippen LogP) is 3.58. The number of hydrogen-bond acceptors (Lipinski definition) is 7. The summed E-state index contributed by atoms with van der Waals surface area (Å²) in [5.41, 5.74) is 0.635. The van der Waals surface area contributed by atoms with Crippen LogP contribution in [0.3, 0.4) is 0 Å². The molecule has 8 nitrogen and oxygen atoms in total. The van der Waals surface area contributed by atoms with Crippen LogP contribution in [0.4, 0.5) is 0 Å². The quantitative estimate of drug-likeness (QED) is 0.459. The van der Waals surface area contributed by atoms with Gasteiger partial charge < -0.3 is 23.8 Å². The minimum Gasteiger partial charge on any atom is -0.493 e. The van der Waals surface area contributed by atoms with Crippen LogP contribution >= 0.6 is 0 Å². The fourth-order valence-electron chi connectivity index (χ4n) is 3.38. The van der Waals surface area contributed by atoms with Gasteiger partial charge in [-0.05, 0) is 56.5 Å². The topological polar surface area (TPSA) is 98.1 Å². The Labute approximate surface area is 187 Å². The average Bonchev–Trinajstić information content (AvgIpc) is 2.83. The Hall–Kier alpha value is -3.73. The lowest BCUT2D eigenvalue weighted by molar-refractivity contribution is -0.134. The molecule has 0 spiro atoms. The highest BCUT2D eigenvalue weighted by atomic mass is 16.6. The van der Waals surface area contributed by atoms with Crippen LogP contribution in [0, 0.1) is 11.3 Å². The maximum atomic E-state index is 12.7. The van der Waals surface area contributed by atoms with E-state index in [1.165, 1.54) is 31.4 Å². The minimum absolute atomic E-state index is 0.0662. The first kappa shape index (κ1) is 22.9. The predicted molar refractivity (Wildman–Crippen MR) is 116 cm³/mol. The van der Waals surface area contributed by atoms with E-state index in [9.17, 15) is 9.59 Å². The molecule has 0 saturated carbocycles. The first-order chi connectivity index (χ1) is 15.5. The van der Waals surface area contributed by atoms with E-state index in [2.05, 4.69) is 0 Å². The highest BCUT2D eigenvalue weighted by Gasteiger charge is 2.19. The number of rotatable bonds is 8. The van der Waals surface area contributed by atoms with Crippen molar-refractivity contribution in [1.82, 2.24) is 4.90 Å². The number of likely N-dealkylation sites (tertiary alicyclic amines) is 1. The third-order valence-electron chi connectivity index (χ3n) is 5.03. The van der Waals surface area contributed by atoms with Crippen molar-refractivity contribution in [2.24, 2.45) is 0 Å². The number of esters is 1. The van der Waals surface area contributed by atoms with Crippen molar-refractivity contribution in [1.29, 1.82) is 5.26 Å². The first-order valence-electron chi connectivity index (χ1n) is 10.5. The minimum atomic E-state index is -0.620. The highest BCUT2D eigenvalue weighted by Crippen LogP contribution is 2.31. The molecule has 8 heteroatoms. The molecule has 0 bridgehead atoms. The third-order valence-corrected chi connectivity index (χ3v) is 5.03. The number of hydrogen-bond donors (Lipinski definition) is 0. The van der Waals surface area contributed by atoms with Crippen molar-refractivity contribution < 1.29 is 28.5 Å². The second-order valence-corrected chi connectivity index (χ2v) is 7.19. The van der Waals surface area contributed by atoms with Gasteiger partial charge in [-0.1, -0.05) is 0 Å². The fourth-order valence-corrected chi connectivity index (χ4v) is 3.38. The number of nitriles is 1. The van der Waals surface area contributed by atoms with Gasteiger partial charge in [0.05, 0.1) is 30.9 Å². The van der Waals surface area contributed by atoms with Crippen LogP contribution in [0.25, 0.3) is 0 Å². The summed E-state index contributed by atoms with van der Waals surface area (Å²) in [6.45, 7) is 3.59. The zero-order chi connectivity index (χ0) is 22.9. The second kappa shape index (κ2) is 11.0. The molecule has 1 fully saturated rings. The lowest BCUT2D eigenvalue weighted by atomic mass is 10.1. The van der Waals surface area contributed by atoms with Crippen LogP contribution in [0.15, 0.2) is 36.4 Å². The van der Waals surface area contributed by atoms with E-state index >= 15 is 0 Å². The number of carbonyl (C=O) groups excluding carboxylic acids is 2. The standard InChI is InChI=1S/C24H26N2O6/c1-3-30-22-14-18(24(28)32-20-9-7-17(15-25)13-21(20)29-2)8-10-19(22)31-16-23(27)26-11-5-4-6-12-26/h7-10,13-14H,3-6,11-12,16H2,1-2H3. The van der Waals surface area contributed by atoms with Gasteiger partial charge in [-0.25, -0.2) is 4.79 Å². The summed E-state index contributed by atoms with van der Waals surface area (Å²) < 4.78 is 22.0. The molecular formula is C24H26N2O6. The summed E-state index contributed by atoms with van der Waals surface area (Å²) in [5, 5.41) is 9.00. The molecule has 2 aromatic carbocycles. The second-order valence-electron chi connectivity index (χ2n) is 7.19. The van der Waals surface area contributed by atoms with Crippen molar-refractivity contribution >= 4 is 11.9 Å². The molecule has 0 atom stereocenters. The van der Waals surface area contributed by atoms with Gasteiger partial charge in [0.15, 0.2) is 29.6 Å². The molecule has 2 aromatic rings. The van der Waals surface area contributed by atoms with Gasteiger partial charge in [0.1, 0.15) is 0 Å². The molecule has 0 radical (unpaired) electrons. The largest absolute Gasteiger partial charge is 0.493 e. The van der Waals surface area contributed by atoms with Gasteiger partial charge >= 0.3 is 5.97 Å². The summed E-state index contributed by atoms with van der Waals surface area (Å²) in [7, 11) is 1.43. The summed E-state index contributed by atoms with van der Waals surface area (Å²) in [6, 6.07) is 11.2. The van der Waals surface area contributed by atoms with Gasteiger partial charge in [0.2, 0.25) is 0 Å². The number of ether oxygens (including phenoxy) is 4. The zero-order valence-corrected chi connectivity index (χ0v) is 18.3. The van der Waals surface area contributed by atoms with Gasteiger partial charge in [0.25, 0.3) is 5.91 Å². The Morgan fingerprint density at radius 1 is 0.969 bits per heavy atom. The van der Waals surface area contributed by atoms with Crippen molar-refractivity contribution in [3.8, 4) is 29.1 Å². The van der Waals surface area contributed by atoms with Crippen LogP contribution in [0.1, 0.15) is 42.1 Å². The number of nitrogens with zero attached hydrogens (tertiary/aromatic N) is 2. The van der Waals surface area contributed by atoms with E-state index in [1.54, 1.807) is 17.0 Å². The van der Waals surface area contributed by atoms with E-state index in [0.29, 0.717) is 23.7 Å². The van der Waals surface area contributed by atoms with Crippen LogP contribution in [0.5, 0.6) is 23.0 Å². The lowest BCUT2D eigenvalue weighted by Gasteiger charge is -2.26. The van der Waals surface area contributed by atoms with Crippen molar-refractivity contribution in [2.75, 3.05) is 33.4 Å². The Balaban J connectivity index is 1.71. The van der Waals surface area contributed by atoms with Gasteiger partial charge in [0, 0.05) is 19.2 Å². The van der Waals surface area contributed by atoms with Crippen LogP contribution in [-0.2, 0) is 4.79 Å². The number of piperidine rings is 1. The summed E-state index contributed by atoms with van der Waals surface area (Å²) >= 11 is 0. The Bertz CT molecular complexity index is 1010. The molecule has 1 amide bonds. The van der Waals surface area contributed by atoms with Gasteiger partial charge in [-0.2, -0.15) is 5.26 Å². The Morgan fingerprint density at radius 3 is 2.41 bits per heavy atom. The Morgan fingerprint density at radius 2 is 1.72 bits per heavy atom. The van der Waals surface area contributed by atoms with Crippen molar-refractivity contribution in [3.05, 3.63) is 47.5 Å². The smallest absolute Gasteiger partial charge is 0.343 e. The van der Waals surface area contributed by atoms with E-state index < -0.39 is 5.97 Å². The molecule has 0 aromatic heterocycles. The fraction of sp³-hybridized carbons (Fsp3) is 0.375. The molecular weight excluding hydrogens is 412 g/mol. The van der Waals surface area contributed by atoms with Gasteiger partial charge in [-0.15, -0.1) is 0 Å². The number of carbonyl (C=O) groups is 2. The van der Waals surface area contributed by atoms with Crippen LogP contribution in [0.2, 0.25) is 0 Å². The normalized spacial score (nSPS) is 13.1. The highest BCUT2D eigenvalue weighted by molar-refractivity contribution is 5.92. The van der Waals surface area contributed by atoms with E-state index in [0.717, 1.165) is 32.4 Å². The van der Waals surface area contributed by atoms with Gasteiger partial charge in [-0.3, -0.25) is 4.79 Å². The first-order valence-corrected chi connectivity index (χ1v) is 10.5.